The molecule has 2 N–H and O–H groups in total. The topological polar surface area (TPSA) is 35.5 Å². The first-order valence-electron chi connectivity index (χ1n) is 6.71. The predicted molar refractivity (Wildman–Crippen MR) is 68.6 cm³/mol. The molecule has 1 rings (SSSR count). The van der Waals surface area contributed by atoms with Crippen molar-refractivity contribution in [1.82, 2.24) is 10.2 Å². The van der Waals surface area contributed by atoms with Crippen molar-refractivity contribution in [3.05, 3.63) is 0 Å². The molecular weight excluding hydrogens is 200 g/mol. The van der Waals surface area contributed by atoms with E-state index in [0.29, 0.717) is 12.6 Å². The van der Waals surface area contributed by atoms with Gasteiger partial charge in [0.05, 0.1) is 6.10 Å². The van der Waals surface area contributed by atoms with E-state index in [4.69, 9.17) is 0 Å². The molecular formula is C13H28N2O. The van der Waals surface area contributed by atoms with Gasteiger partial charge < -0.3 is 15.3 Å². The van der Waals surface area contributed by atoms with Crippen LogP contribution in [-0.4, -0.2) is 48.3 Å². The normalized spacial score (nSPS) is 25.7. The molecule has 1 aliphatic rings. The fourth-order valence-corrected chi connectivity index (χ4v) is 2.24. The lowest BCUT2D eigenvalue weighted by atomic mass is 10.0. The Morgan fingerprint density at radius 1 is 1.31 bits per heavy atom. The molecule has 1 heterocycles. The molecule has 1 fully saturated rings. The van der Waals surface area contributed by atoms with Crippen molar-refractivity contribution in [2.45, 2.75) is 52.2 Å². The van der Waals surface area contributed by atoms with Crippen molar-refractivity contribution in [3.8, 4) is 0 Å². The molecule has 1 saturated heterocycles. The first-order chi connectivity index (χ1) is 7.58. The lowest BCUT2D eigenvalue weighted by molar-refractivity contribution is 0.111. The number of nitrogens with zero attached hydrogens (tertiary/aromatic N) is 1. The Morgan fingerprint density at radius 2 is 2.06 bits per heavy atom. The number of hydrogen-bond acceptors (Lipinski definition) is 3. The second-order valence-corrected chi connectivity index (χ2v) is 5.55. The molecule has 1 aliphatic heterocycles. The van der Waals surface area contributed by atoms with E-state index < -0.39 is 0 Å². The number of hydrogen-bond donors (Lipinski definition) is 2. The third-order valence-electron chi connectivity index (χ3n) is 3.34. The number of likely N-dealkylation sites (tertiary alicyclic amines) is 1. The van der Waals surface area contributed by atoms with Crippen LogP contribution in [0.5, 0.6) is 0 Å². The number of rotatable bonds is 5. The largest absolute Gasteiger partial charge is 0.390 e. The van der Waals surface area contributed by atoms with Gasteiger partial charge in [-0.05, 0) is 38.3 Å². The molecule has 0 spiro atoms. The van der Waals surface area contributed by atoms with Gasteiger partial charge in [-0.3, -0.25) is 0 Å². The van der Waals surface area contributed by atoms with Gasteiger partial charge in [-0.25, -0.2) is 0 Å². The maximum Gasteiger partial charge on any atom is 0.0791 e. The molecule has 0 radical (unpaired) electrons. The molecule has 2 atom stereocenters. The Bertz CT molecular complexity index is 185. The Morgan fingerprint density at radius 3 is 2.75 bits per heavy atom. The Labute approximate surface area is 100 Å². The van der Waals surface area contributed by atoms with Crippen LogP contribution in [0.3, 0.4) is 0 Å². The van der Waals surface area contributed by atoms with Gasteiger partial charge in [-0.1, -0.05) is 20.8 Å². The minimum Gasteiger partial charge on any atom is -0.390 e. The van der Waals surface area contributed by atoms with Crippen molar-refractivity contribution in [1.29, 1.82) is 0 Å². The second-order valence-electron chi connectivity index (χ2n) is 5.55. The van der Waals surface area contributed by atoms with Crippen molar-refractivity contribution in [3.63, 3.8) is 0 Å². The van der Waals surface area contributed by atoms with E-state index in [0.717, 1.165) is 25.6 Å². The molecule has 0 amide bonds. The first kappa shape index (κ1) is 13.9. The van der Waals surface area contributed by atoms with E-state index in [1.54, 1.807) is 0 Å². The average molecular weight is 228 g/mol. The van der Waals surface area contributed by atoms with E-state index in [1.165, 1.54) is 19.3 Å². The van der Waals surface area contributed by atoms with Crippen molar-refractivity contribution in [2.24, 2.45) is 5.92 Å². The summed E-state index contributed by atoms with van der Waals surface area (Å²) in [6.07, 6.45) is 3.68. The van der Waals surface area contributed by atoms with Gasteiger partial charge >= 0.3 is 0 Å². The summed E-state index contributed by atoms with van der Waals surface area (Å²) in [5.41, 5.74) is 0. The highest BCUT2D eigenvalue weighted by molar-refractivity contribution is 4.72. The number of aliphatic hydroxyl groups is 1. The fraction of sp³-hybridized carbons (Fsp3) is 1.00. The lowest BCUT2D eigenvalue weighted by Crippen LogP contribution is -2.40. The van der Waals surface area contributed by atoms with Gasteiger partial charge in [-0.2, -0.15) is 0 Å². The van der Waals surface area contributed by atoms with Crippen LogP contribution in [0.4, 0.5) is 0 Å². The van der Waals surface area contributed by atoms with Crippen LogP contribution < -0.4 is 5.32 Å². The average Bonchev–Trinajstić information content (AvgIpc) is 2.41. The van der Waals surface area contributed by atoms with Gasteiger partial charge in [0, 0.05) is 19.1 Å². The predicted octanol–water partition coefficient (Wildman–Crippen LogP) is 1.47. The summed E-state index contributed by atoms with van der Waals surface area (Å²) in [5, 5.41) is 13.2. The summed E-state index contributed by atoms with van der Waals surface area (Å²) in [4.78, 5) is 2.41. The maximum absolute atomic E-state index is 9.90. The number of β-amino-alcohol motifs (C(OH)–C–C–N with tert-alkyl or cyclic N) is 1. The van der Waals surface area contributed by atoms with E-state index in [1.807, 2.05) is 0 Å². The minimum atomic E-state index is -0.226. The molecule has 0 saturated carbocycles. The summed E-state index contributed by atoms with van der Waals surface area (Å²) < 4.78 is 0. The summed E-state index contributed by atoms with van der Waals surface area (Å²) in [6, 6.07) is 0.457. The Hall–Kier alpha value is -0.120. The Kier molecular flexibility index (Phi) is 6.32. The van der Waals surface area contributed by atoms with Crippen molar-refractivity contribution >= 4 is 0 Å². The maximum atomic E-state index is 9.90. The van der Waals surface area contributed by atoms with Gasteiger partial charge in [0.25, 0.3) is 0 Å². The minimum absolute atomic E-state index is 0.226. The van der Waals surface area contributed by atoms with Crippen LogP contribution in [0.15, 0.2) is 0 Å². The first-order valence-corrected chi connectivity index (χ1v) is 6.71. The molecule has 0 aromatic heterocycles. The molecule has 16 heavy (non-hydrogen) atoms. The van der Waals surface area contributed by atoms with E-state index >= 15 is 0 Å². The molecule has 0 aromatic carbocycles. The molecule has 3 heteroatoms. The standard InChI is InChI=1S/C13H28N2O/c1-11(2)14-9-13(16)10-15-7-4-5-12(3)6-8-15/h11-14,16H,4-10H2,1-3H3. The fourth-order valence-electron chi connectivity index (χ4n) is 2.24. The van der Waals surface area contributed by atoms with E-state index in [9.17, 15) is 5.11 Å². The van der Waals surface area contributed by atoms with Crippen LogP contribution in [0.2, 0.25) is 0 Å². The van der Waals surface area contributed by atoms with Crippen LogP contribution in [0.1, 0.15) is 40.0 Å². The van der Waals surface area contributed by atoms with Gasteiger partial charge in [0.2, 0.25) is 0 Å². The SMILES string of the molecule is CC1CCCN(CC(O)CNC(C)C)CC1. The van der Waals surface area contributed by atoms with Crippen LogP contribution in [-0.2, 0) is 0 Å². The summed E-state index contributed by atoms with van der Waals surface area (Å²) >= 11 is 0. The van der Waals surface area contributed by atoms with Gasteiger partial charge in [0.1, 0.15) is 0 Å². The zero-order valence-corrected chi connectivity index (χ0v) is 11.1. The number of nitrogens with one attached hydrogen (secondary N) is 1. The molecule has 0 aliphatic carbocycles. The highest BCUT2D eigenvalue weighted by Gasteiger charge is 2.16. The molecule has 3 nitrogen and oxygen atoms in total. The third kappa shape index (κ3) is 5.83. The number of aliphatic hydroxyl groups excluding tert-OH is 1. The van der Waals surface area contributed by atoms with E-state index in [2.05, 4.69) is 31.0 Å². The van der Waals surface area contributed by atoms with Crippen LogP contribution in [0.25, 0.3) is 0 Å². The highest BCUT2D eigenvalue weighted by atomic mass is 16.3. The summed E-state index contributed by atoms with van der Waals surface area (Å²) in [6.45, 7) is 10.4. The van der Waals surface area contributed by atoms with Crippen LogP contribution in [0, 0.1) is 5.92 Å². The zero-order valence-electron chi connectivity index (χ0n) is 11.1. The molecule has 0 aromatic rings. The van der Waals surface area contributed by atoms with Crippen molar-refractivity contribution < 1.29 is 5.11 Å². The van der Waals surface area contributed by atoms with Gasteiger partial charge in [0.15, 0.2) is 0 Å². The highest BCUT2D eigenvalue weighted by Crippen LogP contribution is 2.16. The quantitative estimate of drug-likeness (QED) is 0.748. The summed E-state index contributed by atoms with van der Waals surface area (Å²) in [7, 11) is 0. The monoisotopic (exact) mass is 228 g/mol. The molecule has 96 valence electrons. The lowest BCUT2D eigenvalue weighted by Gasteiger charge is -2.24. The second kappa shape index (κ2) is 7.25. The summed E-state index contributed by atoms with van der Waals surface area (Å²) in [5.74, 6) is 0.857. The smallest absolute Gasteiger partial charge is 0.0791 e. The molecule has 2 unspecified atom stereocenters. The molecule has 0 bridgehead atoms. The third-order valence-corrected chi connectivity index (χ3v) is 3.34. The van der Waals surface area contributed by atoms with Crippen molar-refractivity contribution in [2.75, 3.05) is 26.2 Å². The Balaban J connectivity index is 2.19. The van der Waals surface area contributed by atoms with Gasteiger partial charge in [-0.15, -0.1) is 0 Å². The van der Waals surface area contributed by atoms with E-state index in [-0.39, 0.29) is 6.10 Å². The van der Waals surface area contributed by atoms with Crippen LogP contribution >= 0.6 is 0 Å². The zero-order chi connectivity index (χ0) is 12.0.